The number of anilines is 1. The van der Waals surface area contributed by atoms with Crippen LogP contribution >= 0.6 is 23.5 Å². The van der Waals surface area contributed by atoms with Crippen LogP contribution in [-0.2, 0) is 20.6 Å². The molecule has 0 unspecified atom stereocenters. The first-order valence-electron chi connectivity index (χ1n) is 8.40. The third-order valence-electron chi connectivity index (χ3n) is 3.68. The van der Waals surface area contributed by atoms with E-state index in [1.54, 1.807) is 23.9 Å². The van der Waals surface area contributed by atoms with E-state index in [4.69, 9.17) is 0 Å². The van der Waals surface area contributed by atoms with Crippen LogP contribution in [0.5, 0.6) is 0 Å². The van der Waals surface area contributed by atoms with E-state index in [0.29, 0.717) is 18.0 Å². The minimum absolute atomic E-state index is 0.146. The van der Waals surface area contributed by atoms with Crippen molar-refractivity contribution in [1.82, 2.24) is 4.72 Å². The van der Waals surface area contributed by atoms with Crippen molar-refractivity contribution in [1.29, 1.82) is 0 Å². The number of hydrogen-bond donors (Lipinski definition) is 2. The third-order valence-corrected chi connectivity index (χ3v) is 6.97. The number of nitrogens with one attached hydrogen (secondary N) is 2. The fourth-order valence-corrected chi connectivity index (χ4v) is 4.99. The first-order chi connectivity index (χ1) is 12.8. The zero-order chi connectivity index (χ0) is 19.9. The van der Waals surface area contributed by atoms with Crippen molar-refractivity contribution in [2.24, 2.45) is 0 Å². The number of thioether (sulfide) groups is 2. The smallest absolute Gasteiger partial charge is 0.240 e. The second kappa shape index (κ2) is 10.2. The predicted octanol–water partition coefficient (Wildman–Crippen LogP) is 3.89. The maximum Gasteiger partial charge on any atom is 0.240 e. The van der Waals surface area contributed by atoms with Crippen molar-refractivity contribution >= 4 is 45.1 Å². The summed E-state index contributed by atoms with van der Waals surface area (Å²) in [7, 11) is -3.62. The van der Waals surface area contributed by atoms with Crippen LogP contribution in [0, 0.1) is 6.92 Å². The lowest BCUT2D eigenvalue weighted by molar-refractivity contribution is -0.114. The topological polar surface area (TPSA) is 75.3 Å². The van der Waals surface area contributed by atoms with Gasteiger partial charge in [0.05, 0.1) is 10.6 Å². The summed E-state index contributed by atoms with van der Waals surface area (Å²) in [5.41, 5.74) is 2.96. The van der Waals surface area contributed by atoms with Crippen LogP contribution in [0.4, 0.5) is 5.69 Å². The summed E-state index contributed by atoms with van der Waals surface area (Å²) in [6.45, 7) is 3.80. The molecule has 2 aromatic rings. The van der Waals surface area contributed by atoms with Crippen molar-refractivity contribution < 1.29 is 13.2 Å². The van der Waals surface area contributed by atoms with E-state index in [1.807, 2.05) is 12.3 Å². The molecular weight excluding hydrogens is 400 g/mol. The Hall–Kier alpha value is -1.48. The van der Waals surface area contributed by atoms with Crippen molar-refractivity contribution in [3.05, 3.63) is 53.6 Å². The molecule has 0 fully saturated rings. The molecule has 146 valence electrons. The summed E-state index contributed by atoms with van der Waals surface area (Å²) in [5, 5.41) is 2.68. The lowest BCUT2D eigenvalue weighted by atomic mass is 10.2. The molecule has 1 amide bonds. The molecule has 0 radical (unpaired) electrons. The van der Waals surface area contributed by atoms with Gasteiger partial charge in [0.1, 0.15) is 0 Å². The van der Waals surface area contributed by atoms with Gasteiger partial charge in [-0.3, -0.25) is 4.79 Å². The Kier molecular flexibility index (Phi) is 8.22. The van der Waals surface area contributed by atoms with Gasteiger partial charge in [-0.15, -0.1) is 11.8 Å². The van der Waals surface area contributed by atoms with Crippen molar-refractivity contribution in [2.75, 3.05) is 23.9 Å². The molecular formula is C19H24N2O3S3. The number of benzene rings is 2. The Morgan fingerprint density at radius 1 is 1.15 bits per heavy atom. The maximum atomic E-state index is 12.5. The van der Waals surface area contributed by atoms with Gasteiger partial charge < -0.3 is 5.32 Å². The van der Waals surface area contributed by atoms with Gasteiger partial charge in [0.2, 0.25) is 15.9 Å². The number of aryl methyl sites for hydroxylation is 1. The van der Waals surface area contributed by atoms with E-state index in [1.165, 1.54) is 35.9 Å². The molecule has 0 saturated carbocycles. The lowest BCUT2D eigenvalue weighted by Gasteiger charge is -2.12. The van der Waals surface area contributed by atoms with Crippen LogP contribution < -0.4 is 10.0 Å². The van der Waals surface area contributed by atoms with Gasteiger partial charge in [0.15, 0.2) is 0 Å². The molecule has 0 atom stereocenters. The highest BCUT2D eigenvalue weighted by Gasteiger charge is 2.16. The molecule has 0 heterocycles. The van der Waals surface area contributed by atoms with Crippen LogP contribution in [0.3, 0.4) is 0 Å². The highest BCUT2D eigenvalue weighted by Crippen LogP contribution is 2.28. The maximum absolute atomic E-state index is 12.5. The Balaban J connectivity index is 1.93. The van der Waals surface area contributed by atoms with E-state index < -0.39 is 10.0 Å². The van der Waals surface area contributed by atoms with Crippen LogP contribution in [0.2, 0.25) is 0 Å². The Labute approximate surface area is 169 Å². The van der Waals surface area contributed by atoms with Gasteiger partial charge in [0, 0.05) is 29.9 Å². The first kappa shape index (κ1) is 21.8. The van der Waals surface area contributed by atoms with Gasteiger partial charge in [-0.2, -0.15) is 11.8 Å². The molecule has 0 aliphatic rings. The van der Waals surface area contributed by atoms with E-state index in [-0.39, 0.29) is 10.8 Å². The molecule has 5 nitrogen and oxygen atoms in total. The number of hydrogen-bond acceptors (Lipinski definition) is 5. The summed E-state index contributed by atoms with van der Waals surface area (Å²) < 4.78 is 27.6. The Bertz CT molecular complexity index is 899. The average molecular weight is 425 g/mol. The average Bonchev–Trinajstić information content (AvgIpc) is 2.61. The first-order valence-corrected chi connectivity index (χ1v) is 12.3. The summed E-state index contributed by atoms with van der Waals surface area (Å²) in [6, 6.07) is 13.0. The van der Waals surface area contributed by atoms with Crippen molar-refractivity contribution in [3.8, 4) is 0 Å². The Morgan fingerprint density at radius 3 is 2.59 bits per heavy atom. The standard InChI is InChI=1S/C19H24N2O3S3/c1-14-5-4-6-16(11-14)13-26-10-9-20-27(23,24)17-7-8-19(25-3)18(12-17)21-15(2)22/h4-8,11-12,20H,9-10,13H2,1-3H3,(H,21,22). The van der Waals surface area contributed by atoms with Crippen LogP contribution in [-0.4, -0.2) is 32.9 Å². The predicted molar refractivity (Wildman–Crippen MR) is 115 cm³/mol. The third kappa shape index (κ3) is 6.88. The summed E-state index contributed by atoms with van der Waals surface area (Å²) >= 11 is 3.13. The highest BCUT2D eigenvalue weighted by molar-refractivity contribution is 7.99. The summed E-state index contributed by atoms with van der Waals surface area (Å²) in [5.74, 6) is 1.29. The number of carbonyl (C=O) groups excluding carboxylic acids is 1. The van der Waals surface area contributed by atoms with Crippen LogP contribution in [0.15, 0.2) is 52.3 Å². The van der Waals surface area contributed by atoms with E-state index in [0.717, 1.165) is 10.6 Å². The van der Waals surface area contributed by atoms with Gasteiger partial charge in [0.25, 0.3) is 0 Å². The largest absolute Gasteiger partial charge is 0.325 e. The second-order valence-corrected chi connectivity index (χ2v) is 9.70. The molecule has 2 aromatic carbocycles. The normalized spacial score (nSPS) is 11.4. The molecule has 2 N–H and O–H groups in total. The molecule has 0 aliphatic heterocycles. The summed E-state index contributed by atoms with van der Waals surface area (Å²) in [4.78, 5) is 12.3. The molecule has 0 spiro atoms. The van der Waals surface area contributed by atoms with Gasteiger partial charge >= 0.3 is 0 Å². The van der Waals surface area contributed by atoms with E-state index in [9.17, 15) is 13.2 Å². The molecule has 27 heavy (non-hydrogen) atoms. The lowest BCUT2D eigenvalue weighted by Crippen LogP contribution is -2.26. The van der Waals surface area contributed by atoms with Crippen molar-refractivity contribution in [3.63, 3.8) is 0 Å². The van der Waals surface area contributed by atoms with Gasteiger partial charge in [-0.1, -0.05) is 29.8 Å². The van der Waals surface area contributed by atoms with Crippen LogP contribution in [0.1, 0.15) is 18.1 Å². The molecule has 0 bridgehead atoms. The zero-order valence-electron chi connectivity index (χ0n) is 15.6. The minimum atomic E-state index is -3.62. The molecule has 0 saturated heterocycles. The van der Waals surface area contributed by atoms with Gasteiger partial charge in [-0.05, 0) is 36.9 Å². The highest BCUT2D eigenvalue weighted by atomic mass is 32.2. The SMILES string of the molecule is CSc1ccc(S(=O)(=O)NCCSCc2cccc(C)c2)cc1NC(C)=O. The minimum Gasteiger partial charge on any atom is -0.325 e. The molecule has 2 rings (SSSR count). The number of amides is 1. The monoisotopic (exact) mass is 424 g/mol. The number of rotatable bonds is 9. The van der Waals surface area contributed by atoms with Crippen molar-refractivity contribution in [2.45, 2.75) is 29.4 Å². The van der Waals surface area contributed by atoms with Crippen LogP contribution in [0.25, 0.3) is 0 Å². The zero-order valence-corrected chi connectivity index (χ0v) is 18.1. The Morgan fingerprint density at radius 2 is 1.93 bits per heavy atom. The fraction of sp³-hybridized carbons (Fsp3) is 0.316. The van der Waals surface area contributed by atoms with E-state index in [2.05, 4.69) is 35.2 Å². The van der Waals surface area contributed by atoms with E-state index >= 15 is 0 Å². The molecule has 0 aromatic heterocycles. The van der Waals surface area contributed by atoms with Gasteiger partial charge in [-0.25, -0.2) is 13.1 Å². The number of sulfonamides is 1. The molecule has 0 aliphatic carbocycles. The fourth-order valence-electron chi connectivity index (χ4n) is 2.47. The summed E-state index contributed by atoms with van der Waals surface area (Å²) in [6.07, 6.45) is 1.87. The quantitative estimate of drug-likeness (QED) is 0.472. The number of carbonyl (C=O) groups is 1. The second-order valence-electron chi connectivity index (χ2n) is 5.98. The molecule has 8 heteroatoms.